The van der Waals surface area contributed by atoms with E-state index >= 15 is 0 Å². The van der Waals surface area contributed by atoms with Gasteiger partial charge in [0.1, 0.15) is 18.4 Å². The predicted octanol–water partition coefficient (Wildman–Crippen LogP) is 0.422. The molecule has 0 radical (unpaired) electrons. The van der Waals surface area contributed by atoms with E-state index in [9.17, 15) is 9.36 Å². The van der Waals surface area contributed by atoms with E-state index in [-0.39, 0.29) is 30.1 Å². The van der Waals surface area contributed by atoms with Gasteiger partial charge in [-0.3, -0.25) is 27.9 Å². The Labute approximate surface area is 148 Å². The smallest absolute Gasteiger partial charge is 0.382 e. The Hall–Kier alpha value is -1.82. The minimum Gasteiger partial charge on any atom is -0.382 e. The van der Waals surface area contributed by atoms with Crippen LogP contribution in [0.2, 0.25) is 0 Å². The Balaban J connectivity index is 1.90. The SMILES string of the molecule is COCC1OC(n2cnc3c(=O)[nH]c(N)nc32)CC1OP(=O)(OC)OC. The van der Waals surface area contributed by atoms with Gasteiger partial charge in [-0.05, 0) is 0 Å². The summed E-state index contributed by atoms with van der Waals surface area (Å²) in [4.78, 5) is 22.5. The molecule has 0 saturated carbocycles. The number of hydrogen-bond acceptors (Lipinski definition) is 10. The zero-order chi connectivity index (χ0) is 18.9. The fourth-order valence-corrected chi connectivity index (χ4v) is 3.65. The number of phosphoric acid groups is 1. The second-order valence-electron chi connectivity index (χ2n) is 5.55. The number of H-pyrrole nitrogens is 1. The van der Waals surface area contributed by atoms with Crippen molar-refractivity contribution in [2.45, 2.75) is 24.9 Å². The summed E-state index contributed by atoms with van der Waals surface area (Å²) in [5.41, 5.74) is 5.57. The van der Waals surface area contributed by atoms with Gasteiger partial charge in [-0.2, -0.15) is 4.98 Å². The lowest BCUT2D eigenvalue weighted by Crippen LogP contribution is -2.28. The number of hydrogen-bond donors (Lipinski definition) is 2. The van der Waals surface area contributed by atoms with Crippen LogP contribution in [0.25, 0.3) is 11.2 Å². The number of nitrogen functional groups attached to an aromatic ring is 1. The van der Waals surface area contributed by atoms with E-state index in [0.717, 1.165) is 0 Å². The van der Waals surface area contributed by atoms with Crippen LogP contribution in [0.1, 0.15) is 12.6 Å². The number of nitrogens with two attached hydrogens (primary N) is 1. The van der Waals surface area contributed by atoms with E-state index < -0.39 is 31.8 Å². The van der Waals surface area contributed by atoms with E-state index in [4.69, 9.17) is 28.8 Å². The largest absolute Gasteiger partial charge is 0.474 e. The van der Waals surface area contributed by atoms with Gasteiger partial charge < -0.3 is 15.2 Å². The number of methoxy groups -OCH3 is 1. The van der Waals surface area contributed by atoms with E-state index in [0.29, 0.717) is 0 Å². The average molecular weight is 389 g/mol. The van der Waals surface area contributed by atoms with Crippen molar-refractivity contribution < 1.29 is 27.6 Å². The molecule has 0 amide bonds. The van der Waals surface area contributed by atoms with Gasteiger partial charge in [0.2, 0.25) is 5.95 Å². The topological polar surface area (TPSA) is 153 Å². The van der Waals surface area contributed by atoms with Crippen LogP contribution in [-0.2, 0) is 27.6 Å². The highest BCUT2D eigenvalue weighted by Gasteiger charge is 2.42. The summed E-state index contributed by atoms with van der Waals surface area (Å²) < 4.78 is 40.1. The molecule has 0 spiro atoms. The molecule has 144 valence electrons. The second-order valence-corrected chi connectivity index (χ2v) is 7.39. The molecular formula is C13H20N5O7P. The summed E-state index contributed by atoms with van der Waals surface area (Å²) in [6.45, 7) is 0.192. The molecule has 1 aliphatic heterocycles. The van der Waals surface area contributed by atoms with Crippen LogP contribution in [0.3, 0.4) is 0 Å². The van der Waals surface area contributed by atoms with Crippen LogP contribution in [-0.4, -0.2) is 59.7 Å². The first kappa shape index (κ1) is 19.0. The number of nitrogens with zero attached hydrogens (tertiary/aromatic N) is 3. The molecule has 3 heterocycles. The zero-order valence-electron chi connectivity index (χ0n) is 14.4. The Morgan fingerprint density at radius 3 is 2.81 bits per heavy atom. The molecule has 26 heavy (non-hydrogen) atoms. The molecule has 1 saturated heterocycles. The Bertz CT molecular complexity index is 875. The normalized spacial score (nSPS) is 23.7. The zero-order valence-corrected chi connectivity index (χ0v) is 15.3. The van der Waals surface area contributed by atoms with Crippen LogP contribution >= 0.6 is 7.82 Å². The van der Waals surface area contributed by atoms with Gasteiger partial charge in [0, 0.05) is 27.8 Å². The number of anilines is 1. The van der Waals surface area contributed by atoms with Crippen LogP contribution in [0.15, 0.2) is 11.1 Å². The van der Waals surface area contributed by atoms with Crippen LogP contribution < -0.4 is 11.3 Å². The first-order valence-electron chi connectivity index (χ1n) is 7.67. The monoisotopic (exact) mass is 389 g/mol. The first-order valence-corrected chi connectivity index (χ1v) is 9.13. The fourth-order valence-electron chi connectivity index (χ4n) is 2.78. The van der Waals surface area contributed by atoms with Crippen molar-refractivity contribution in [2.24, 2.45) is 0 Å². The lowest BCUT2D eigenvalue weighted by Gasteiger charge is -2.21. The molecule has 13 heteroatoms. The summed E-state index contributed by atoms with van der Waals surface area (Å²) in [5, 5.41) is 0. The maximum atomic E-state index is 12.3. The fraction of sp³-hybridized carbons (Fsp3) is 0.615. The van der Waals surface area contributed by atoms with Crippen molar-refractivity contribution in [1.82, 2.24) is 19.5 Å². The highest BCUT2D eigenvalue weighted by Crippen LogP contribution is 2.51. The van der Waals surface area contributed by atoms with Gasteiger partial charge in [0.05, 0.1) is 12.9 Å². The molecule has 3 unspecified atom stereocenters. The lowest BCUT2D eigenvalue weighted by atomic mass is 10.2. The number of fused-ring (bicyclic) bond motifs is 1. The average Bonchev–Trinajstić information content (AvgIpc) is 3.19. The number of ether oxygens (including phenoxy) is 2. The quantitative estimate of drug-likeness (QED) is 0.637. The van der Waals surface area contributed by atoms with Crippen molar-refractivity contribution in [2.75, 3.05) is 33.7 Å². The van der Waals surface area contributed by atoms with E-state index in [1.54, 1.807) is 4.57 Å². The van der Waals surface area contributed by atoms with E-state index in [1.165, 1.54) is 27.7 Å². The Morgan fingerprint density at radius 1 is 1.42 bits per heavy atom. The number of aromatic amines is 1. The third kappa shape index (κ3) is 3.52. The van der Waals surface area contributed by atoms with Crippen molar-refractivity contribution in [3.05, 3.63) is 16.7 Å². The number of nitrogens with one attached hydrogen (secondary N) is 1. The molecule has 0 aliphatic carbocycles. The number of imidazole rings is 1. The summed E-state index contributed by atoms with van der Waals surface area (Å²) in [6.07, 6.45) is -0.0519. The van der Waals surface area contributed by atoms with Gasteiger partial charge in [-0.25, -0.2) is 9.55 Å². The molecule has 2 aromatic heterocycles. The van der Waals surface area contributed by atoms with Gasteiger partial charge >= 0.3 is 7.82 Å². The Morgan fingerprint density at radius 2 is 2.15 bits per heavy atom. The standard InChI is InChI=1S/C13H20N5O7P/c1-21-5-8-7(25-26(20,22-2)23-3)4-9(24-8)18-6-15-10-11(18)16-13(14)17-12(10)19/h6-9H,4-5H2,1-3H3,(H3,14,16,17,19). The second kappa shape index (κ2) is 7.43. The maximum absolute atomic E-state index is 12.3. The third-order valence-corrected chi connectivity index (χ3v) is 5.41. The summed E-state index contributed by atoms with van der Waals surface area (Å²) in [6, 6.07) is 0. The molecule has 3 N–H and O–H groups in total. The number of aromatic nitrogens is 4. The van der Waals surface area contributed by atoms with Gasteiger partial charge in [-0.15, -0.1) is 0 Å². The van der Waals surface area contributed by atoms with E-state index in [1.807, 2.05) is 0 Å². The van der Waals surface area contributed by atoms with Crippen molar-refractivity contribution in [3.8, 4) is 0 Å². The minimum atomic E-state index is -3.71. The van der Waals surface area contributed by atoms with Gasteiger partial charge in [-0.1, -0.05) is 0 Å². The Kier molecular flexibility index (Phi) is 5.42. The van der Waals surface area contributed by atoms with Gasteiger partial charge in [0.25, 0.3) is 5.56 Å². The molecule has 1 fully saturated rings. The highest BCUT2D eigenvalue weighted by molar-refractivity contribution is 7.48. The van der Waals surface area contributed by atoms with Crippen molar-refractivity contribution in [3.63, 3.8) is 0 Å². The molecular weight excluding hydrogens is 369 g/mol. The summed E-state index contributed by atoms with van der Waals surface area (Å²) in [5.74, 6) is -0.0354. The minimum absolute atomic E-state index is 0.0354. The molecule has 12 nitrogen and oxygen atoms in total. The third-order valence-electron chi connectivity index (χ3n) is 3.98. The first-order chi connectivity index (χ1) is 12.4. The van der Waals surface area contributed by atoms with E-state index in [2.05, 4.69) is 15.0 Å². The molecule has 1 aliphatic rings. The lowest BCUT2D eigenvalue weighted by molar-refractivity contribution is -0.0526. The summed E-state index contributed by atoms with van der Waals surface area (Å²) in [7, 11) is 0.254. The van der Waals surface area contributed by atoms with Crippen molar-refractivity contribution in [1.29, 1.82) is 0 Å². The van der Waals surface area contributed by atoms with Crippen LogP contribution in [0.5, 0.6) is 0 Å². The molecule has 2 aromatic rings. The maximum Gasteiger partial charge on any atom is 0.474 e. The molecule has 3 rings (SSSR count). The molecule has 0 bridgehead atoms. The van der Waals surface area contributed by atoms with Crippen LogP contribution in [0.4, 0.5) is 5.95 Å². The number of rotatable bonds is 7. The molecule has 0 aromatic carbocycles. The van der Waals surface area contributed by atoms with Crippen LogP contribution in [0, 0.1) is 0 Å². The van der Waals surface area contributed by atoms with Gasteiger partial charge in [0.15, 0.2) is 11.2 Å². The number of phosphoric ester groups is 1. The molecule has 3 atom stereocenters. The van der Waals surface area contributed by atoms with Crippen molar-refractivity contribution >= 4 is 24.9 Å². The highest BCUT2D eigenvalue weighted by atomic mass is 31.2. The predicted molar refractivity (Wildman–Crippen MR) is 89.5 cm³/mol. The summed E-state index contributed by atoms with van der Waals surface area (Å²) >= 11 is 0.